The Hall–Kier alpha value is -1.28. The number of benzene rings is 1. The quantitative estimate of drug-likeness (QED) is 0.849. The number of halogens is 1. The number of aromatic amines is 1. The first-order chi connectivity index (χ1) is 7.81. The van der Waals surface area contributed by atoms with E-state index < -0.39 is 0 Å². The van der Waals surface area contributed by atoms with Gasteiger partial charge in [-0.05, 0) is 30.5 Å². The van der Waals surface area contributed by atoms with Gasteiger partial charge >= 0.3 is 0 Å². The summed E-state index contributed by atoms with van der Waals surface area (Å²) in [7, 11) is 0. The highest BCUT2D eigenvalue weighted by molar-refractivity contribution is 6.30. The standard InChI is InChI=1S/C13H15ClN2/c1-2-3-4-11-9-15-16-13(11)10-5-7-12(14)8-6-10/h5-9H,2-4H2,1H3,(H,15,16). The van der Waals surface area contributed by atoms with Crippen molar-refractivity contribution < 1.29 is 0 Å². The normalized spacial score (nSPS) is 10.6. The van der Waals surface area contributed by atoms with Crippen molar-refractivity contribution in [2.75, 3.05) is 0 Å². The average Bonchev–Trinajstić information content (AvgIpc) is 2.75. The van der Waals surface area contributed by atoms with Crippen molar-refractivity contribution >= 4 is 11.6 Å². The Balaban J connectivity index is 2.26. The van der Waals surface area contributed by atoms with Gasteiger partial charge < -0.3 is 0 Å². The van der Waals surface area contributed by atoms with Crippen LogP contribution in [0.1, 0.15) is 25.3 Å². The Kier molecular flexibility index (Phi) is 3.62. The molecule has 1 N–H and O–H groups in total. The van der Waals surface area contributed by atoms with E-state index in [1.807, 2.05) is 30.5 Å². The first kappa shape index (κ1) is 11.2. The maximum atomic E-state index is 5.87. The van der Waals surface area contributed by atoms with E-state index in [9.17, 15) is 0 Å². The molecule has 1 aromatic carbocycles. The summed E-state index contributed by atoms with van der Waals surface area (Å²) < 4.78 is 0. The van der Waals surface area contributed by atoms with Crippen LogP contribution in [0.2, 0.25) is 5.02 Å². The van der Waals surface area contributed by atoms with Crippen LogP contribution in [-0.4, -0.2) is 10.2 Å². The van der Waals surface area contributed by atoms with Crippen molar-refractivity contribution in [2.24, 2.45) is 0 Å². The van der Waals surface area contributed by atoms with Gasteiger partial charge in [0.05, 0.1) is 5.69 Å². The summed E-state index contributed by atoms with van der Waals surface area (Å²) in [5, 5.41) is 8.00. The van der Waals surface area contributed by atoms with E-state index in [-0.39, 0.29) is 0 Å². The molecule has 16 heavy (non-hydrogen) atoms. The third kappa shape index (κ3) is 2.45. The number of hydrogen-bond acceptors (Lipinski definition) is 1. The summed E-state index contributed by atoms with van der Waals surface area (Å²) in [6.45, 7) is 2.20. The molecule has 2 aromatic rings. The number of aromatic nitrogens is 2. The minimum absolute atomic E-state index is 0.759. The number of nitrogens with zero attached hydrogens (tertiary/aromatic N) is 1. The van der Waals surface area contributed by atoms with Gasteiger partial charge in [-0.3, -0.25) is 5.10 Å². The Morgan fingerprint density at radius 3 is 2.69 bits per heavy atom. The minimum Gasteiger partial charge on any atom is -0.285 e. The van der Waals surface area contributed by atoms with Gasteiger partial charge in [0.25, 0.3) is 0 Å². The lowest BCUT2D eigenvalue weighted by atomic mass is 10.0. The molecular formula is C13H15ClN2. The van der Waals surface area contributed by atoms with Crippen molar-refractivity contribution in [3.8, 4) is 11.3 Å². The molecule has 0 bridgehead atoms. The molecule has 0 unspecified atom stereocenters. The molecule has 1 aromatic heterocycles. The molecule has 0 aliphatic carbocycles. The predicted molar refractivity (Wildman–Crippen MR) is 67.6 cm³/mol. The Labute approximate surface area is 101 Å². The Morgan fingerprint density at radius 2 is 2.00 bits per heavy atom. The van der Waals surface area contributed by atoms with E-state index in [2.05, 4.69) is 17.1 Å². The van der Waals surface area contributed by atoms with E-state index in [1.165, 1.54) is 18.4 Å². The van der Waals surface area contributed by atoms with Crippen LogP contribution in [0.5, 0.6) is 0 Å². The summed E-state index contributed by atoms with van der Waals surface area (Å²) in [4.78, 5) is 0. The molecule has 0 aliphatic heterocycles. The van der Waals surface area contributed by atoms with E-state index in [0.29, 0.717) is 0 Å². The summed E-state index contributed by atoms with van der Waals surface area (Å²) >= 11 is 5.87. The molecule has 0 amide bonds. The molecule has 2 nitrogen and oxygen atoms in total. The highest BCUT2D eigenvalue weighted by Crippen LogP contribution is 2.23. The van der Waals surface area contributed by atoms with Crippen LogP contribution < -0.4 is 0 Å². The summed E-state index contributed by atoms with van der Waals surface area (Å²) in [6.07, 6.45) is 5.45. The number of rotatable bonds is 4. The SMILES string of the molecule is CCCCc1c[nH]nc1-c1ccc(Cl)cc1. The Morgan fingerprint density at radius 1 is 1.25 bits per heavy atom. The van der Waals surface area contributed by atoms with E-state index >= 15 is 0 Å². The van der Waals surface area contributed by atoms with Gasteiger partial charge in [-0.2, -0.15) is 5.10 Å². The van der Waals surface area contributed by atoms with Crippen molar-refractivity contribution in [3.63, 3.8) is 0 Å². The molecular weight excluding hydrogens is 220 g/mol. The largest absolute Gasteiger partial charge is 0.285 e. The van der Waals surface area contributed by atoms with Crippen LogP contribution >= 0.6 is 11.6 Å². The maximum Gasteiger partial charge on any atom is 0.0952 e. The van der Waals surface area contributed by atoms with E-state index in [4.69, 9.17) is 11.6 Å². The maximum absolute atomic E-state index is 5.87. The van der Waals surface area contributed by atoms with Crippen LogP contribution in [0.3, 0.4) is 0 Å². The highest BCUT2D eigenvalue weighted by atomic mass is 35.5. The molecule has 2 rings (SSSR count). The third-order valence-electron chi connectivity index (χ3n) is 2.64. The van der Waals surface area contributed by atoms with Crippen molar-refractivity contribution in [3.05, 3.63) is 41.0 Å². The predicted octanol–water partition coefficient (Wildman–Crippen LogP) is 4.07. The molecule has 0 aliphatic rings. The van der Waals surface area contributed by atoms with Gasteiger partial charge in [-0.25, -0.2) is 0 Å². The lowest BCUT2D eigenvalue weighted by molar-refractivity contribution is 0.796. The van der Waals surface area contributed by atoms with E-state index in [1.54, 1.807) is 0 Å². The van der Waals surface area contributed by atoms with Gasteiger partial charge in [-0.1, -0.05) is 37.1 Å². The van der Waals surface area contributed by atoms with Gasteiger partial charge in [0.15, 0.2) is 0 Å². The molecule has 0 fully saturated rings. The zero-order valence-corrected chi connectivity index (χ0v) is 10.1. The molecule has 84 valence electrons. The average molecular weight is 235 g/mol. The number of H-pyrrole nitrogens is 1. The number of hydrogen-bond donors (Lipinski definition) is 1. The van der Waals surface area contributed by atoms with Crippen LogP contribution in [0.4, 0.5) is 0 Å². The molecule has 0 atom stereocenters. The molecule has 0 saturated carbocycles. The van der Waals surface area contributed by atoms with Crippen molar-refractivity contribution in [1.82, 2.24) is 10.2 Å². The summed E-state index contributed by atoms with van der Waals surface area (Å²) in [6, 6.07) is 7.81. The van der Waals surface area contributed by atoms with Gasteiger partial charge in [0.1, 0.15) is 0 Å². The van der Waals surface area contributed by atoms with Crippen molar-refractivity contribution in [1.29, 1.82) is 0 Å². The molecule has 3 heteroatoms. The second kappa shape index (κ2) is 5.17. The molecule has 0 radical (unpaired) electrons. The smallest absolute Gasteiger partial charge is 0.0952 e. The first-order valence-corrected chi connectivity index (χ1v) is 5.97. The number of unbranched alkanes of at least 4 members (excludes halogenated alkanes) is 1. The topological polar surface area (TPSA) is 28.7 Å². The monoisotopic (exact) mass is 234 g/mol. The Bertz CT molecular complexity index is 445. The fourth-order valence-electron chi connectivity index (χ4n) is 1.73. The molecule has 0 saturated heterocycles. The third-order valence-corrected chi connectivity index (χ3v) is 2.89. The minimum atomic E-state index is 0.759. The summed E-state index contributed by atoms with van der Waals surface area (Å²) in [5.74, 6) is 0. The first-order valence-electron chi connectivity index (χ1n) is 5.60. The van der Waals surface area contributed by atoms with E-state index in [0.717, 1.165) is 22.7 Å². The lowest BCUT2D eigenvalue weighted by Gasteiger charge is -2.01. The zero-order chi connectivity index (χ0) is 11.4. The fourth-order valence-corrected chi connectivity index (χ4v) is 1.86. The van der Waals surface area contributed by atoms with Crippen LogP contribution in [-0.2, 0) is 6.42 Å². The number of aryl methyl sites for hydroxylation is 1. The lowest BCUT2D eigenvalue weighted by Crippen LogP contribution is -1.87. The van der Waals surface area contributed by atoms with Gasteiger partial charge in [-0.15, -0.1) is 0 Å². The van der Waals surface area contributed by atoms with Crippen LogP contribution in [0, 0.1) is 0 Å². The van der Waals surface area contributed by atoms with Crippen LogP contribution in [0.15, 0.2) is 30.5 Å². The van der Waals surface area contributed by atoms with Crippen LogP contribution in [0.25, 0.3) is 11.3 Å². The highest BCUT2D eigenvalue weighted by Gasteiger charge is 2.07. The fraction of sp³-hybridized carbons (Fsp3) is 0.308. The molecule has 1 heterocycles. The number of nitrogens with one attached hydrogen (secondary N) is 1. The second-order valence-electron chi connectivity index (χ2n) is 3.87. The molecule has 0 spiro atoms. The van der Waals surface area contributed by atoms with Crippen molar-refractivity contribution in [2.45, 2.75) is 26.2 Å². The summed E-state index contributed by atoms with van der Waals surface area (Å²) in [5.41, 5.74) is 3.45. The second-order valence-corrected chi connectivity index (χ2v) is 4.31. The van der Waals surface area contributed by atoms with Gasteiger partial charge in [0.2, 0.25) is 0 Å². The zero-order valence-electron chi connectivity index (χ0n) is 9.33. The van der Waals surface area contributed by atoms with Gasteiger partial charge in [0, 0.05) is 16.8 Å².